The van der Waals surface area contributed by atoms with Crippen LogP contribution in [0.15, 0.2) is 30.6 Å². The molecule has 2 aromatic heterocycles. The first-order valence-electron chi connectivity index (χ1n) is 11.8. The third kappa shape index (κ3) is 6.35. The molecular formula is C23H27F4N7O3. The number of alkyl halides is 4. The average Bonchev–Trinajstić information content (AvgIpc) is 3.43. The quantitative estimate of drug-likeness (QED) is 0.480. The number of aromatic nitrogens is 3. The summed E-state index contributed by atoms with van der Waals surface area (Å²) < 4.78 is 54.0. The van der Waals surface area contributed by atoms with Crippen LogP contribution >= 0.6 is 0 Å². The second-order valence-electron chi connectivity index (χ2n) is 9.27. The second-order valence-corrected chi connectivity index (χ2v) is 9.27. The lowest BCUT2D eigenvalue weighted by atomic mass is 9.82. The van der Waals surface area contributed by atoms with Crippen molar-refractivity contribution < 1.29 is 31.9 Å². The number of urea groups is 1. The Labute approximate surface area is 209 Å². The van der Waals surface area contributed by atoms with E-state index in [0.29, 0.717) is 18.4 Å². The number of hydrogen-bond donors (Lipinski definition) is 3. The summed E-state index contributed by atoms with van der Waals surface area (Å²) in [6, 6.07) is 0.706. The van der Waals surface area contributed by atoms with Gasteiger partial charge in [-0.1, -0.05) is 0 Å². The van der Waals surface area contributed by atoms with Gasteiger partial charge in [-0.2, -0.15) is 18.3 Å². The van der Waals surface area contributed by atoms with Crippen molar-refractivity contribution in [1.82, 2.24) is 30.3 Å². The molecule has 1 aliphatic heterocycles. The Balaban J connectivity index is 1.45. The fourth-order valence-electron chi connectivity index (χ4n) is 4.60. The van der Waals surface area contributed by atoms with Crippen molar-refractivity contribution >= 4 is 23.7 Å². The van der Waals surface area contributed by atoms with Gasteiger partial charge in [0.05, 0.1) is 6.54 Å². The van der Waals surface area contributed by atoms with Crippen molar-refractivity contribution in [3.05, 3.63) is 41.9 Å². The molecule has 3 heterocycles. The zero-order chi connectivity index (χ0) is 26.7. The molecular weight excluding hydrogens is 498 g/mol. The van der Waals surface area contributed by atoms with Crippen LogP contribution in [0.5, 0.6) is 0 Å². The van der Waals surface area contributed by atoms with Crippen molar-refractivity contribution in [2.75, 3.05) is 11.9 Å². The van der Waals surface area contributed by atoms with Crippen LogP contribution in [-0.4, -0.2) is 68.5 Å². The molecule has 200 valence electrons. The number of nitrogens with one attached hydrogen (secondary N) is 3. The summed E-state index contributed by atoms with van der Waals surface area (Å²) in [6.45, 7) is -0.656. The maximum atomic E-state index is 13.7. The summed E-state index contributed by atoms with van der Waals surface area (Å²) in [5, 5.41) is 11.2. The molecule has 37 heavy (non-hydrogen) atoms. The number of halogens is 4. The minimum absolute atomic E-state index is 0.105. The van der Waals surface area contributed by atoms with Gasteiger partial charge in [-0.3, -0.25) is 14.3 Å². The van der Waals surface area contributed by atoms with Crippen LogP contribution in [0.4, 0.5) is 28.2 Å². The van der Waals surface area contributed by atoms with E-state index in [9.17, 15) is 31.9 Å². The number of nitrogens with zero attached hydrogens (tertiary/aromatic N) is 4. The second kappa shape index (κ2) is 10.7. The van der Waals surface area contributed by atoms with Crippen LogP contribution in [0, 0.1) is 5.92 Å². The molecule has 0 aromatic carbocycles. The maximum Gasteiger partial charge on any atom is 0.410 e. The van der Waals surface area contributed by atoms with Crippen LogP contribution in [0.3, 0.4) is 0 Å². The SMILES string of the molecule is Cn1nccc1C(=O)N[C@H](C(=O)Nc1cc(CN2C[C@@H](C(F)(F)F)NC2=O)ccn1)C1CCC(F)CC1. The highest BCUT2D eigenvalue weighted by Crippen LogP contribution is 2.30. The zero-order valence-electron chi connectivity index (χ0n) is 20.0. The smallest absolute Gasteiger partial charge is 0.339 e. The molecule has 4 amide bonds. The first kappa shape index (κ1) is 26.4. The Morgan fingerprint density at radius 3 is 2.54 bits per heavy atom. The van der Waals surface area contributed by atoms with Gasteiger partial charge in [-0.25, -0.2) is 14.2 Å². The standard InChI is InChI=1S/C23H27F4N7O3/c1-33-16(7-9-29-33)20(35)32-19(14-2-4-15(24)5-3-14)21(36)31-18-10-13(6-8-28-18)11-34-12-17(23(25,26)27)30-22(34)37/h6-10,14-15,17,19H,2-5,11-12H2,1H3,(H,30,37)(H,32,35)(H,28,31,36)/t14?,15?,17-,19-/m0/s1. The third-order valence-electron chi connectivity index (χ3n) is 6.63. The van der Waals surface area contributed by atoms with Crippen LogP contribution in [-0.2, 0) is 18.4 Å². The van der Waals surface area contributed by atoms with Crippen molar-refractivity contribution in [1.29, 1.82) is 0 Å². The molecule has 4 rings (SSSR count). The summed E-state index contributed by atoms with van der Waals surface area (Å²) in [6.07, 6.45) is -1.33. The number of carbonyl (C=O) groups excluding carboxylic acids is 3. The van der Waals surface area contributed by atoms with Gasteiger partial charge in [0.2, 0.25) is 5.91 Å². The highest BCUT2D eigenvalue weighted by molar-refractivity contribution is 6.00. The van der Waals surface area contributed by atoms with Gasteiger partial charge in [0.15, 0.2) is 0 Å². The minimum Gasteiger partial charge on any atom is -0.339 e. The van der Waals surface area contributed by atoms with Gasteiger partial charge in [0, 0.05) is 26.0 Å². The van der Waals surface area contributed by atoms with E-state index in [-0.39, 0.29) is 36.8 Å². The van der Waals surface area contributed by atoms with Gasteiger partial charge in [-0.15, -0.1) is 0 Å². The number of pyridine rings is 1. The fraction of sp³-hybridized carbons (Fsp3) is 0.522. The predicted octanol–water partition coefficient (Wildman–Crippen LogP) is 2.54. The summed E-state index contributed by atoms with van der Waals surface area (Å²) in [5.74, 6) is -1.27. The normalized spacial score (nSPS) is 22.9. The Hall–Kier alpha value is -3.71. The molecule has 2 atom stereocenters. The van der Waals surface area contributed by atoms with E-state index in [1.807, 2.05) is 5.32 Å². The summed E-state index contributed by atoms with van der Waals surface area (Å²) in [5.41, 5.74) is 0.704. The highest BCUT2D eigenvalue weighted by atomic mass is 19.4. The molecule has 0 radical (unpaired) electrons. The first-order valence-corrected chi connectivity index (χ1v) is 11.8. The van der Waals surface area contributed by atoms with E-state index in [2.05, 4.69) is 20.7 Å². The maximum absolute atomic E-state index is 13.7. The van der Waals surface area contributed by atoms with Gasteiger partial charge in [0.25, 0.3) is 5.91 Å². The third-order valence-corrected chi connectivity index (χ3v) is 6.63. The number of rotatable bonds is 7. The van der Waals surface area contributed by atoms with Crippen LogP contribution in [0.1, 0.15) is 41.7 Å². The molecule has 1 saturated carbocycles. The van der Waals surface area contributed by atoms with E-state index >= 15 is 0 Å². The number of anilines is 1. The molecule has 0 unspecified atom stereocenters. The Bertz CT molecular complexity index is 1150. The molecule has 14 heteroatoms. The lowest BCUT2D eigenvalue weighted by molar-refractivity contribution is -0.149. The number of hydrogen-bond acceptors (Lipinski definition) is 5. The molecule has 10 nitrogen and oxygen atoms in total. The van der Waals surface area contributed by atoms with E-state index in [1.165, 1.54) is 35.3 Å². The lowest BCUT2D eigenvalue weighted by Gasteiger charge is -2.31. The van der Waals surface area contributed by atoms with Crippen molar-refractivity contribution in [3.63, 3.8) is 0 Å². The summed E-state index contributed by atoms with van der Waals surface area (Å²) >= 11 is 0. The minimum atomic E-state index is -4.56. The number of amides is 4. The summed E-state index contributed by atoms with van der Waals surface area (Å²) in [7, 11) is 1.59. The van der Waals surface area contributed by atoms with Gasteiger partial charge >= 0.3 is 12.2 Å². The molecule has 2 fully saturated rings. The number of aryl methyl sites for hydroxylation is 1. The molecule has 1 aliphatic carbocycles. The Morgan fingerprint density at radius 2 is 1.92 bits per heavy atom. The van der Waals surface area contributed by atoms with Crippen LogP contribution < -0.4 is 16.0 Å². The van der Waals surface area contributed by atoms with Gasteiger partial charge < -0.3 is 20.9 Å². The fourth-order valence-corrected chi connectivity index (χ4v) is 4.60. The zero-order valence-corrected chi connectivity index (χ0v) is 20.0. The Morgan fingerprint density at radius 1 is 1.19 bits per heavy atom. The topological polar surface area (TPSA) is 121 Å². The summed E-state index contributed by atoms with van der Waals surface area (Å²) in [4.78, 5) is 43.2. The lowest BCUT2D eigenvalue weighted by Crippen LogP contribution is -2.50. The van der Waals surface area contributed by atoms with Crippen molar-refractivity contribution in [2.45, 2.75) is 56.7 Å². The molecule has 1 saturated heterocycles. The molecule has 3 N–H and O–H groups in total. The largest absolute Gasteiger partial charge is 0.410 e. The number of carbonyl (C=O) groups is 3. The van der Waals surface area contributed by atoms with Crippen LogP contribution in [0.25, 0.3) is 0 Å². The highest BCUT2D eigenvalue weighted by Gasteiger charge is 2.46. The predicted molar refractivity (Wildman–Crippen MR) is 123 cm³/mol. The van der Waals surface area contributed by atoms with Crippen molar-refractivity contribution in [3.8, 4) is 0 Å². The van der Waals surface area contributed by atoms with Crippen molar-refractivity contribution in [2.24, 2.45) is 13.0 Å². The molecule has 2 aromatic rings. The monoisotopic (exact) mass is 525 g/mol. The van der Waals surface area contributed by atoms with E-state index in [4.69, 9.17) is 0 Å². The molecule has 0 bridgehead atoms. The van der Waals surface area contributed by atoms with E-state index in [0.717, 1.165) is 4.90 Å². The Kier molecular flexibility index (Phi) is 7.64. The van der Waals surface area contributed by atoms with Gasteiger partial charge in [0.1, 0.15) is 29.8 Å². The molecule has 2 aliphatic rings. The van der Waals surface area contributed by atoms with Crippen LogP contribution in [0.2, 0.25) is 0 Å². The van der Waals surface area contributed by atoms with E-state index < -0.39 is 48.8 Å². The van der Waals surface area contributed by atoms with Gasteiger partial charge in [-0.05, 0) is 55.4 Å². The first-order chi connectivity index (χ1) is 17.5. The molecule has 0 spiro atoms. The average molecular weight is 526 g/mol. The van der Waals surface area contributed by atoms with E-state index in [1.54, 1.807) is 7.05 Å².